The van der Waals surface area contributed by atoms with Crippen LogP contribution in [-0.4, -0.2) is 5.78 Å². The van der Waals surface area contributed by atoms with Crippen molar-refractivity contribution in [2.75, 3.05) is 0 Å². The van der Waals surface area contributed by atoms with Gasteiger partial charge in [0, 0.05) is 12.8 Å². The molecular weight excluding hydrogens is 196 g/mol. The molecule has 1 aromatic rings. The minimum absolute atomic E-state index is 0.461. The van der Waals surface area contributed by atoms with E-state index in [1.807, 2.05) is 0 Å². The maximum absolute atomic E-state index is 11.3. The zero-order valence-electron chi connectivity index (χ0n) is 9.67. The Balaban J connectivity index is 1.84. The van der Waals surface area contributed by atoms with Crippen molar-refractivity contribution >= 4 is 5.78 Å². The molecule has 0 amide bonds. The van der Waals surface area contributed by atoms with E-state index in [-0.39, 0.29) is 0 Å². The summed E-state index contributed by atoms with van der Waals surface area (Å²) >= 11 is 0. The smallest absolute Gasteiger partial charge is 0.132 e. The molecule has 84 valence electrons. The van der Waals surface area contributed by atoms with E-state index in [0.29, 0.717) is 11.2 Å². The number of aryl methyl sites for hydroxylation is 1. The van der Waals surface area contributed by atoms with Crippen LogP contribution in [0, 0.1) is 5.41 Å². The van der Waals surface area contributed by atoms with E-state index in [9.17, 15) is 4.79 Å². The monoisotopic (exact) mass is 214 g/mol. The van der Waals surface area contributed by atoms with E-state index in [0.717, 1.165) is 25.7 Å². The maximum Gasteiger partial charge on any atom is 0.132 e. The molecule has 1 spiro atoms. The molecule has 0 unspecified atom stereocenters. The summed E-state index contributed by atoms with van der Waals surface area (Å²) < 4.78 is 0. The molecule has 1 heteroatoms. The zero-order valence-corrected chi connectivity index (χ0v) is 9.67. The van der Waals surface area contributed by atoms with Gasteiger partial charge in [0.15, 0.2) is 0 Å². The SMILES string of the molecule is O=C1CCC2(CC1)CCc1ccccc1C2. The fourth-order valence-corrected chi connectivity index (χ4v) is 3.35. The van der Waals surface area contributed by atoms with Crippen molar-refractivity contribution in [3.8, 4) is 0 Å². The van der Waals surface area contributed by atoms with E-state index in [4.69, 9.17) is 0 Å². The van der Waals surface area contributed by atoms with Gasteiger partial charge in [-0.15, -0.1) is 0 Å². The van der Waals surface area contributed by atoms with Crippen LogP contribution in [0.1, 0.15) is 43.2 Å². The minimum Gasteiger partial charge on any atom is -0.300 e. The first-order valence-electron chi connectivity index (χ1n) is 6.36. The number of hydrogen-bond acceptors (Lipinski definition) is 1. The summed E-state index contributed by atoms with van der Waals surface area (Å²) in [5.74, 6) is 0.476. The minimum atomic E-state index is 0.461. The van der Waals surface area contributed by atoms with Gasteiger partial charge in [0.2, 0.25) is 0 Å². The van der Waals surface area contributed by atoms with Gasteiger partial charge in [-0.2, -0.15) is 0 Å². The Morgan fingerprint density at radius 3 is 2.25 bits per heavy atom. The van der Waals surface area contributed by atoms with Crippen LogP contribution in [0.5, 0.6) is 0 Å². The summed E-state index contributed by atoms with van der Waals surface area (Å²) in [6.45, 7) is 0. The Labute approximate surface area is 96.9 Å². The summed E-state index contributed by atoms with van der Waals surface area (Å²) in [4.78, 5) is 11.3. The van der Waals surface area contributed by atoms with Crippen molar-refractivity contribution in [3.05, 3.63) is 35.4 Å². The van der Waals surface area contributed by atoms with Gasteiger partial charge in [0.05, 0.1) is 0 Å². The van der Waals surface area contributed by atoms with Crippen molar-refractivity contribution < 1.29 is 4.79 Å². The lowest BCUT2D eigenvalue weighted by Crippen LogP contribution is -2.33. The van der Waals surface area contributed by atoms with E-state index < -0.39 is 0 Å². The molecule has 0 saturated heterocycles. The zero-order chi connectivity index (χ0) is 11.0. The van der Waals surface area contributed by atoms with E-state index in [1.165, 1.54) is 30.4 Å². The maximum atomic E-state index is 11.3. The highest BCUT2D eigenvalue weighted by molar-refractivity contribution is 5.79. The van der Waals surface area contributed by atoms with E-state index in [1.54, 1.807) is 0 Å². The number of carbonyl (C=O) groups is 1. The van der Waals surface area contributed by atoms with E-state index in [2.05, 4.69) is 24.3 Å². The summed E-state index contributed by atoms with van der Waals surface area (Å²) in [7, 11) is 0. The van der Waals surface area contributed by atoms with Crippen LogP contribution < -0.4 is 0 Å². The predicted octanol–water partition coefficient (Wildman–Crippen LogP) is 3.30. The van der Waals surface area contributed by atoms with Crippen LogP contribution >= 0.6 is 0 Å². The predicted molar refractivity (Wildman–Crippen MR) is 64.4 cm³/mol. The lowest BCUT2D eigenvalue weighted by Gasteiger charge is -2.40. The molecule has 0 aromatic heterocycles. The molecule has 0 aliphatic heterocycles. The first kappa shape index (κ1) is 10.1. The fourth-order valence-electron chi connectivity index (χ4n) is 3.35. The Morgan fingerprint density at radius 2 is 1.50 bits per heavy atom. The average molecular weight is 214 g/mol. The molecule has 1 saturated carbocycles. The normalized spacial score (nSPS) is 23.1. The molecule has 16 heavy (non-hydrogen) atoms. The van der Waals surface area contributed by atoms with E-state index >= 15 is 0 Å². The fraction of sp³-hybridized carbons (Fsp3) is 0.533. The molecule has 0 atom stereocenters. The van der Waals surface area contributed by atoms with Crippen LogP contribution in [0.3, 0.4) is 0 Å². The second kappa shape index (κ2) is 3.73. The highest BCUT2D eigenvalue weighted by Gasteiger charge is 2.37. The van der Waals surface area contributed by atoms with Crippen LogP contribution in [-0.2, 0) is 17.6 Å². The lowest BCUT2D eigenvalue weighted by molar-refractivity contribution is -0.122. The van der Waals surface area contributed by atoms with Gasteiger partial charge in [-0.1, -0.05) is 24.3 Å². The molecule has 0 heterocycles. The molecule has 1 fully saturated rings. The van der Waals surface area contributed by atoms with Crippen molar-refractivity contribution in [3.63, 3.8) is 0 Å². The number of fused-ring (bicyclic) bond motifs is 1. The molecule has 1 aromatic carbocycles. The van der Waals surface area contributed by atoms with Crippen molar-refractivity contribution in [2.45, 2.75) is 44.9 Å². The summed E-state index contributed by atoms with van der Waals surface area (Å²) in [6, 6.07) is 8.82. The number of benzene rings is 1. The Hall–Kier alpha value is -1.11. The lowest BCUT2D eigenvalue weighted by atomic mass is 9.64. The van der Waals surface area contributed by atoms with Gasteiger partial charge < -0.3 is 0 Å². The van der Waals surface area contributed by atoms with Gasteiger partial charge in [-0.25, -0.2) is 0 Å². The third-order valence-corrected chi connectivity index (χ3v) is 4.48. The average Bonchev–Trinajstić information content (AvgIpc) is 2.33. The Morgan fingerprint density at radius 1 is 0.875 bits per heavy atom. The Bertz CT molecular complexity index is 409. The first-order valence-corrected chi connectivity index (χ1v) is 6.36. The number of Topliss-reactive ketones (excluding diaryl/α,β-unsaturated/α-hetero) is 1. The van der Waals surface area contributed by atoms with Gasteiger partial charge in [-0.05, 0) is 48.6 Å². The second-order valence-corrected chi connectivity index (χ2v) is 5.48. The Kier molecular flexibility index (Phi) is 2.34. The highest BCUT2D eigenvalue weighted by Crippen LogP contribution is 2.45. The van der Waals surface area contributed by atoms with Gasteiger partial charge in [0.1, 0.15) is 5.78 Å². The van der Waals surface area contributed by atoms with Gasteiger partial charge in [-0.3, -0.25) is 4.79 Å². The molecule has 2 aliphatic rings. The molecule has 0 N–H and O–H groups in total. The number of ketones is 1. The van der Waals surface area contributed by atoms with Crippen LogP contribution in [0.15, 0.2) is 24.3 Å². The summed E-state index contributed by atoms with van der Waals surface area (Å²) in [5.41, 5.74) is 3.52. The second-order valence-electron chi connectivity index (χ2n) is 5.48. The van der Waals surface area contributed by atoms with Crippen LogP contribution in [0.2, 0.25) is 0 Å². The third kappa shape index (κ3) is 1.68. The largest absolute Gasteiger partial charge is 0.300 e. The quantitative estimate of drug-likeness (QED) is 0.647. The molecular formula is C15H18O. The third-order valence-electron chi connectivity index (χ3n) is 4.48. The molecule has 0 bridgehead atoms. The van der Waals surface area contributed by atoms with Crippen molar-refractivity contribution in [1.82, 2.24) is 0 Å². The highest BCUT2D eigenvalue weighted by atomic mass is 16.1. The van der Waals surface area contributed by atoms with Crippen molar-refractivity contribution in [2.24, 2.45) is 5.41 Å². The summed E-state index contributed by atoms with van der Waals surface area (Å²) in [6.07, 6.45) is 7.60. The standard InChI is InChI=1S/C15H18O/c16-14-6-9-15(10-7-14)8-5-12-3-1-2-4-13(12)11-15/h1-4H,5-11H2. The first-order chi connectivity index (χ1) is 7.77. The molecule has 0 radical (unpaired) electrons. The van der Waals surface area contributed by atoms with Gasteiger partial charge in [0.25, 0.3) is 0 Å². The number of rotatable bonds is 0. The topological polar surface area (TPSA) is 17.1 Å². The van der Waals surface area contributed by atoms with Crippen molar-refractivity contribution in [1.29, 1.82) is 0 Å². The molecule has 2 aliphatic carbocycles. The summed E-state index contributed by atoms with van der Waals surface area (Å²) in [5, 5.41) is 0. The van der Waals surface area contributed by atoms with Crippen LogP contribution in [0.4, 0.5) is 0 Å². The number of hydrogen-bond donors (Lipinski definition) is 0. The molecule has 3 rings (SSSR count). The van der Waals surface area contributed by atoms with Crippen LogP contribution in [0.25, 0.3) is 0 Å². The molecule has 1 nitrogen and oxygen atoms in total. The number of carbonyl (C=O) groups excluding carboxylic acids is 1. The van der Waals surface area contributed by atoms with Gasteiger partial charge >= 0.3 is 0 Å².